The third-order valence-corrected chi connectivity index (χ3v) is 6.96. The SMILES string of the molecule is CC[C@H](C(=O)N1CCN(c2nccc(-c3ccc(N4CCOCC4)cc3)n2)CC1)c1ccccc1. The van der Waals surface area contributed by atoms with Gasteiger partial charge in [0.25, 0.3) is 0 Å². The van der Waals surface area contributed by atoms with E-state index in [-0.39, 0.29) is 11.8 Å². The number of amides is 1. The van der Waals surface area contributed by atoms with Gasteiger partial charge in [-0.1, -0.05) is 49.4 Å². The molecule has 3 aromatic rings. The smallest absolute Gasteiger partial charge is 0.230 e. The third kappa shape index (κ3) is 5.30. The number of carbonyl (C=O) groups excluding carboxylic acids is 1. The van der Waals surface area contributed by atoms with Crippen molar-refractivity contribution >= 4 is 17.5 Å². The van der Waals surface area contributed by atoms with Crippen LogP contribution in [0.15, 0.2) is 66.9 Å². The highest BCUT2D eigenvalue weighted by atomic mass is 16.5. The van der Waals surface area contributed by atoms with Gasteiger partial charge >= 0.3 is 0 Å². The molecule has 0 N–H and O–H groups in total. The third-order valence-electron chi connectivity index (χ3n) is 6.96. The molecule has 2 aliphatic heterocycles. The molecule has 182 valence electrons. The van der Waals surface area contributed by atoms with Crippen molar-refractivity contribution in [1.82, 2.24) is 14.9 Å². The predicted octanol–water partition coefficient (Wildman–Crippen LogP) is 3.82. The number of nitrogens with zero attached hydrogens (tertiary/aromatic N) is 5. The van der Waals surface area contributed by atoms with Crippen molar-refractivity contribution in [2.45, 2.75) is 19.3 Å². The molecule has 0 unspecified atom stereocenters. The minimum absolute atomic E-state index is 0.0808. The van der Waals surface area contributed by atoms with Crippen LogP contribution in [-0.2, 0) is 9.53 Å². The second kappa shape index (κ2) is 10.9. The second-order valence-corrected chi connectivity index (χ2v) is 9.07. The zero-order valence-corrected chi connectivity index (χ0v) is 20.3. The summed E-state index contributed by atoms with van der Waals surface area (Å²) >= 11 is 0. The van der Waals surface area contributed by atoms with Gasteiger partial charge in [0.15, 0.2) is 0 Å². The van der Waals surface area contributed by atoms with E-state index in [1.165, 1.54) is 5.69 Å². The van der Waals surface area contributed by atoms with Crippen molar-refractivity contribution in [2.24, 2.45) is 0 Å². The Balaban J connectivity index is 1.22. The van der Waals surface area contributed by atoms with E-state index in [0.29, 0.717) is 13.1 Å². The first-order valence-electron chi connectivity index (χ1n) is 12.6. The number of morpholine rings is 1. The number of ether oxygens (including phenoxy) is 1. The molecule has 0 saturated carbocycles. The van der Waals surface area contributed by atoms with Crippen LogP contribution in [0.25, 0.3) is 11.3 Å². The van der Waals surface area contributed by atoms with Gasteiger partial charge < -0.3 is 19.4 Å². The van der Waals surface area contributed by atoms with Crippen LogP contribution in [-0.4, -0.2) is 73.3 Å². The second-order valence-electron chi connectivity index (χ2n) is 9.07. The molecule has 0 bridgehead atoms. The van der Waals surface area contributed by atoms with Gasteiger partial charge in [0.1, 0.15) is 0 Å². The van der Waals surface area contributed by atoms with E-state index in [1.54, 1.807) is 0 Å². The van der Waals surface area contributed by atoms with Crippen molar-refractivity contribution < 1.29 is 9.53 Å². The zero-order chi connectivity index (χ0) is 24.0. The standard InChI is InChI=1S/C28H33N5O2/c1-2-25(22-6-4-3-5-7-22)27(34)32-14-16-33(17-15-32)28-29-13-12-26(30-28)23-8-10-24(11-9-23)31-18-20-35-21-19-31/h3-13,25H,2,14-21H2,1H3/t25-/m0/s1. The molecule has 3 heterocycles. The van der Waals surface area contributed by atoms with Gasteiger partial charge in [-0.05, 0) is 30.2 Å². The number of rotatable bonds is 6. The van der Waals surface area contributed by atoms with Crippen LogP contribution in [0.4, 0.5) is 11.6 Å². The van der Waals surface area contributed by atoms with Crippen molar-refractivity contribution in [1.29, 1.82) is 0 Å². The van der Waals surface area contributed by atoms with Crippen LogP contribution < -0.4 is 9.80 Å². The molecular formula is C28H33N5O2. The Kier molecular flexibility index (Phi) is 7.23. The van der Waals surface area contributed by atoms with E-state index in [1.807, 2.05) is 35.4 Å². The van der Waals surface area contributed by atoms with Crippen molar-refractivity contribution in [3.8, 4) is 11.3 Å². The van der Waals surface area contributed by atoms with Gasteiger partial charge in [-0.25, -0.2) is 9.97 Å². The minimum Gasteiger partial charge on any atom is -0.378 e. The Morgan fingerprint density at radius 1 is 0.886 bits per heavy atom. The molecule has 7 heteroatoms. The summed E-state index contributed by atoms with van der Waals surface area (Å²) in [7, 11) is 0. The molecular weight excluding hydrogens is 438 g/mol. The first-order chi connectivity index (χ1) is 17.2. The van der Waals surface area contributed by atoms with Gasteiger partial charge in [0.05, 0.1) is 24.8 Å². The number of hydrogen-bond acceptors (Lipinski definition) is 6. The Morgan fingerprint density at radius 3 is 2.29 bits per heavy atom. The Morgan fingerprint density at radius 2 is 1.60 bits per heavy atom. The van der Waals surface area contributed by atoms with E-state index in [2.05, 4.69) is 58.1 Å². The van der Waals surface area contributed by atoms with Crippen molar-refractivity contribution in [3.63, 3.8) is 0 Å². The fraction of sp³-hybridized carbons (Fsp3) is 0.393. The largest absolute Gasteiger partial charge is 0.378 e. The van der Waals surface area contributed by atoms with Crippen LogP contribution in [0.1, 0.15) is 24.8 Å². The maximum Gasteiger partial charge on any atom is 0.230 e. The van der Waals surface area contributed by atoms with E-state index in [4.69, 9.17) is 9.72 Å². The lowest BCUT2D eigenvalue weighted by Gasteiger charge is -2.36. The summed E-state index contributed by atoms with van der Waals surface area (Å²) in [6.07, 6.45) is 2.63. The van der Waals surface area contributed by atoms with E-state index in [0.717, 1.165) is 68.6 Å². The van der Waals surface area contributed by atoms with Gasteiger partial charge in [-0.15, -0.1) is 0 Å². The molecule has 2 aliphatic rings. The minimum atomic E-state index is -0.0808. The van der Waals surface area contributed by atoms with E-state index < -0.39 is 0 Å². The molecule has 5 rings (SSSR count). The average Bonchev–Trinajstić information content (AvgIpc) is 2.95. The number of piperazine rings is 1. The fourth-order valence-electron chi connectivity index (χ4n) is 4.91. The number of aromatic nitrogens is 2. The number of benzene rings is 2. The van der Waals surface area contributed by atoms with Crippen LogP contribution in [0.5, 0.6) is 0 Å². The van der Waals surface area contributed by atoms with Gasteiger partial charge in [-0.3, -0.25) is 4.79 Å². The van der Waals surface area contributed by atoms with Gasteiger partial charge in [0.2, 0.25) is 11.9 Å². The highest BCUT2D eigenvalue weighted by molar-refractivity contribution is 5.84. The first-order valence-corrected chi connectivity index (χ1v) is 12.6. The quantitative estimate of drug-likeness (QED) is 0.545. The topological polar surface area (TPSA) is 61.8 Å². The summed E-state index contributed by atoms with van der Waals surface area (Å²) < 4.78 is 5.46. The van der Waals surface area contributed by atoms with Gasteiger partial charge in [0, 0.05) is 56.7 Å². The normalized spacial score (nSPS) is 17.3. The van der Waals surface area contributed by atoms with Crippen molar-refractivity contribution in [2.75, 3.05) is 62.3 Å². The molecule has 2 aromatic carbocycles. The highest BCUT2D eigenvalue weighted by Gasteiger charge is 2.28. The Labute approximate surface area is 207 Å². The number of carbonyl (C=O) groups is 1. The van der Waals surface area contributed by atoms with Gasteiger partial charge in [-0.2, -0.15) is 0 Å². The summed E-state index contributed by atoms with van der Waals surface area (Å²) in [5, 5.41) is 0. The van der Waals surface area contributed by atoms with E-state index >= 15 is 0 Å². The molecule has 0 spiro atoms. The number of hydrogen-bond donors (Lipinski definition) is 0. The predicted molar refractivity (Wildman–Crippen MR) is 139 cm³/mol. The maximum atomic E-state index is 13.2. The monoisotopic (exact) mass is 471 g/mol. The molecule has 1 atom stereocenters. The first kappa shape index (κ1) is 23.3. The summed E-state index contributed by atoms with van der Waals surface area (Å²) in [5.41, 5.74) is 4.30. The van der Waals surface area contributed by atoms with Crippen molar-refractivity contribution in [3.05, 3.63) is 72.4 Å². The van der Waals surface area contributed by atoms with Crippen LogP contribution in [0.3, 0.4) is 0 Å². The highest BCUT2D eigenvalue weighted by Crippen LogP contribution is 2.25. The molecule has 2 saturated heterocycles. The Bertz CT molecular complexity index is 1110. The summed E-state index contributed by atoms with van der Waals surface area (Å²) in [6, 6.07) is 20.6. The lowest BCUT2D eigenvalue weighted by Crippen LogP contribution is -2.50. The summed E-state index contributed by atoms with van der Waals surface area (Å²) in [6.45, 7) is 8.33. The molecule has 0 aliphatic carbocycles. The Hall–Kier alpha value is -3.45. The van der Waals surface area contributed by atoms with Crippen LogP contribution in [0.2, 0.25) is 0 Å². The zero-order valence-electron chi connectivity index (χ0n) is 20.3. The van der Waals surface area contributed by atoms with Crippen LogP contribution in [0, 0.1) is 0 Å². The molecule has 1 aromatic heterocycles. The average molecular weight is 472 g/mol. The fourth-order valence-corrected chi connectivity index (χ4v) is 4.91. The molecule has 7 nitrogen and oxygen atoms in total. The maximum absolute atomic E-state index is 13.2. The molecule has 2 fully saturated rings. The van der Waals surface area contributed by atoms with E-state index in [9.17, 15) is 4.79 Å². The van der Waals surface area contributed by atoms with Crippen LogP contribution >= 0.6 is 0 Å². The molecule has 0 radical (unpaired) electrons. The number of anilines is 2. The molecule has 35 heavy (non-hydrogen) atoms. The molecule has 1 amide bonds. The summed E-state index contributed by atoms with van der Waals surface area (Å²) in [5.74, 6) is 0.859. The summed E-state index contributed by atoms with van der Waals surface area (Å²) in [4.78, 5) is 29.1. The lowest BCUT2D eigenvalue weighted by molar-refractivity contribution is -0.133. The lowest BCUT2D eigenvalue weighted by atomic mass is 9.95.